The Balaban J connectivity index is 1.70. The second kappa shape index (κ2) is 6.10. The molecular formula is C16H25N3O. The van der Waals surface area contributed by atoms with Crippen LogP contribution in [0.1, 0.15) is 31.9 Å². The first kappa shape index (κ1) is 13.8. The summed E-state index contributed by atoms with van der Waals surface area (Å²) in [6.45, 7) is 5.47. The van der Waals surface area contributed by atoms with Gasteiger partial charge < -0.3 is 10.1 Å². The average Bonchev–Trinajstić information content (AvgIpc) is 3.32. The molecule has 4 nitrogen and oxygen atoms in total. The van der Waals surface area contributed by atoms with E-state index >= 15 is 0 Å². The minimum Gasteiger partial charge on any atom is -0.481 e. The molecule has 1 saturated carbocycles. The van der Waals surface area contributed by atoms with Gasteiger partial charge in [0, 0.05) is 37.8 Å². The van der Waals surface area contributed by atoms with E-state index in [1.54, 1.807) is 7.11 Å². The fourth-order valence-electron chi connectivity index (χ4n) is 3.17. The maximum absolute atomic E-state index is 5.23. The van der Waals surface area contributed by atoms with Crippen molar-refractivity contribution in [2.75, 3.05) is 20.2 Å². The van der Waals surface area contributed by atoms with E-state index in [-0.39, 0.29) is 0 Å². The molecule has 2 atom stereocenters. The van der Waals surface area contributed by atoms with Crippen LogP contribution in [0.3, 0.4) is 0 Å². The zero-order valence-electron chi connectivity index (χ0n) is 12.5. The van der Waals surface area contributed by atoms with Crippen LogP contribution in [0.4, 0.5) is 0 Å². The smallest absolute Gasteiger partial charge is 0.213 e. The quantitative estimate of drug-likeness (QED) is 0.892. The summed E-state index contributed by atoms with van der Waals surface area (Å²) in [5, 5.41) is 3.69. The molecule has 2 aliphatic rings. The van der Waals surface area contributed by atoms with Crippen LogP contribution in [0.25, 0.3) is 0 Å². The third-order valence-corrected chi connectivity index (χ3v) is 4.55. The number of nitrogens with zero attached hydrogens (tertiary/aromatic N) is 2. The largest absolute Gasteiger partial charge is 0.481 e. The number of rotatable bonds is 5. The number of piperazine rings is 1. The predicted octanol–water partition coefficient (Wildman–Crippen LogP) is 2.05. The minimum atomic E-state index is 0.621. The first-order valence-electron chi connectivity index (χ1n) is 7.77. The fourth-order valence-corrected chi connectivity index (χ4v) is 3.17. The number of methoxy groups -OCH3 is 1. The van der Waals surface area contributed by atoms with Crippen molar-refractivity contribution in [2.45, 2.75) is 44.8 Å². The number of nitrogens with one attached hydrogen (secondary N) is 1. The van der Waals surface area contributed by atoms with E-state index in [1.807, 2.05) is 12.1 Å². The van der Waals surface area contributed by atoms with Gasteiger partial charge in [0.1, 0.15) is 0 Å². The van der Waals surface area contributed by atoms with Crippen LogP contribution >= 0.6 is 0 Å². The van der Waals surface area contributed by atoms with Gasteiger partial charge >= 0.3 is 0 Å². The topological polar surface area (TPSA) is 37.4 Å². The van der Waals surface area contributed by atoms with Gasteiger partial charge in [-0.25, -0.2) is 4.98 Å². The molecule has 2 fully saturated rings. The van der Waals surface area contributed by atoms with Crippen molar-refractivity contribution in [1.82, 2.24) is 15.2 Å². The molecule has 1 aliphatic carbocycles. The third kappa shape index (κ3) is 3.13. The molecule has 2 heterocycles. The van der Waals surface area contributed by atoms with Crippen molar-refractivity contribution >= 4 is 0 Å². The van der Waals surface area contributed by atoms with E-state index in [9.17, 15) is 0 Å². The minimum absolute atomic E-state index is 0.621. The molecule has 0 spiro atoms. The second-order valence-corrected chi connectivity index (χ2v) is 6.02. The van der Waals surface area contributed by atoms with Gasteiger partial charge in [-0.3, -0.25) is 4.90 Å². The van der Waals surface area contributed by atoms with Gasteiger partial charge in [-0.2, -0.15) is 0 Å². The molecular weight excluding hydrogens is 250 g/mol. The SMILES string of the molecule is CCC1CN(Cc2cccc(OC)n2)C(C2CC2)CN1. The Morgan fingerprint density at radius 3 is 2.95 bits per heavy atom. The maximum atomic E-state index is 5.23. The van der Waals surface area contributed by atoms with Gasteiger partial charge in [-0.1, -0.05) is 13.0 Å². The van der Waals surface area contributed by atoms with Crippen LogP contribution in [0.15, 0.2) is 18.2 Å². The van der Waals surface area contributed by atoms with Gasteiger partial charge in [0.25, 0.3) is 0 Å². The summed E-state index contributed by atoms with van der Waals surface area (Å²) < 4.78 is 5.23. The van der Waals surface area contributed by atoms with E-state index in [0.29, 0.717) is 18.0 Å². The van der Waals surface area contributed by atoms with E-state index < -0.39 is 0 Å². The second-order valence-electron chi connectivity index (χ2n) is 6.02. The summed E-state index contributed by atoms with van der Waals surface area (Å²) in [7, 11) is 1.68. The highest BCUT2D eigenvalue weighted by Crippen LogP contribution is 2.36. The van der Waals surface area contributed by atoms with Crippen LogP contribution in [-0.2, 0) is 6.54 Å². The number of ether oxygens (including phenoxy) is 1. The molecule has 3 rings (SSSR count). The molecule has 1 aliphatic heterocycles. The zero-order chi connectivity index (χ0) is 13.9. The Labute approximate surface area is 121 Å². The Bertz CT molecular complexity index is 447. The summed E-state index contributed by atoms with van der Waals surface area (Å²) in [6.07, 6.45) is 3.98. The van der Waals surface area contributed by atoms with Gasteiger partial charge in [-0.15, -0.1) is 0 Å². The lowest BCUT2D eigenvalue weighted by Gasteiger charge is -2.40. The van der Waals surface area contributed by atoms with Crippen molar-refractivity contribution in [3.05, 3.63) is 23.9 Å². The highest BCUT2D eigenvalue weighted by atomic mass is 16.5. The fraction of sp³-hybridized carbons (Fsp3) is 0.688. The van der Waals surface area contributed by atoms with Crippen LogP contribution < -0.4 is 10.1 Å². The lowest BCUT2D eigenvalue weighted by Crippen LogP contribution is -2.56. The molecule has 1 aromatic heterocycles. The Kier molecular flexibility index (Phi) is 4.22. The summed E-state index contributed by atoms with van der Waals surface area (Å²) in [5.41, 5.74) is 1.12. The van der Waals surface area contributed by atoms with Crippen molar-refractivity contribution in [3.8, 4) is 5.88 Å². The summed E-state index contributed by atoms with van der Waals surface area (Å²) in [6, 6.07) is 7.36. The predicted molar refractivity (Wildman–Crippen MR) is 79.8 cm³/mol. The highest BCUT2D eigenvalue weighted by molar-refractivity contribution is 5.16. The molecule has 2 unspecified atom stereocenters. The monoisotopic (exact) mass is 275 g/mol. The van der Waals surface area contributed by atoms with E-state index in [0.717, 1.165) is 31.2 Å². The molecule has 0 aromatic carbocycles. The van der Waals surface area contributed by atoms with Gasteiger partial charge in [0.05, 0.1) is 12.8 Å². The van der Waals surface area contributed by atoms with Crippen molar-refractivity contribution in [3.63, 3.8) is 0 Å². The van der Waals surface area contributed by atoms with Crippen LogP contribution in [-0.4, -0.2) is 42.2 Å². The normalized spacial score (nSPS) is 27.5. The Hall–Kier alpha value is -1.13. The van der Waals surface area contributed by atoms with Crippen LogP contribution in [0, 0.1) is 5.92 Å². The van der Waals surface area contributed by atoms with Crippen molar-refractivity contribution in [1.29, 1.82) is 0 Å². The molecule has 0 amide bonds. The lowest BCUT2D eigenvalue weighted by molar-refractivity contribution is 0.104. The molecule has 110 valence electrons. The summed E-state index contributed by atoms with van der Waals surface area (Å²) in [5.74, 6) is 1.61. The standard InChI is InChI=1S/C16H25N3O/c1-3-13-10-19(15(9-17-13)12-7-8-12)11-14-5-4-6-16(18-14)20-2/h4-6,12-13,15,17H,3,7-11H2,1-2H3. The average molecular weight is 275 g/mol. The van der Waals surface area contributed by atoms with E-state index in [1.165, 1.54) is 19.3 Å². The number of hydrogen-bond acceptors (Lipinski definition) is 4. The highest BCUT2D eigenvalue weighted by Gasteiger charge is 2.38. The summed E-state index contributed by atoms with van der Waals surface area (Å²) in [4.78, 5) is 7.20. The van der Waals surface area contributed by atoms with Crippen LogP contribution in [0.5, 0.6) is 5.88 Å². The number of pyridine rings is 1. The Morgan fingerprint density at radius 2 is 2.25 bits per heavy atom. The number of hydrogen-bond donors (Lipinski definition) is 1. The van der Waals surface area contributed by atoms with Crippen molar-refractivity contribution in [2.24, 2.45) is 5.92 Å². The van der Waals surface area contributed by atoms with E-state index in [4.69, 9.17) is 4.74 Å². The zero-order valence-corrected chi connectivity index (χ0v) is 12.5. The van der Waals surface area contributed by atoms with Crippen molar-refractivity contribution < 1.29 is 4.74 Å². The van der Waals surface area contributed by atoms with Gasteiger partial charge in [0.2, 0.25) is 5.88 Å². The van der Waals surface area contributed by atoms with Crippen LogP contribution in [0.2, 0.25) is 0 Å². The molecule has 20 heavy (non-hydrogen) atoms. The Morgan fingerprint density at radius 1 is 1.40 bits per heavy atom. The lowest BCUT2D eigenvalue weighted by atomic mass is 10.0. The third-order valence-electron chi connectivity index (χ3n) is 4.55. The van der Waals surface area contributed by atoms with E-state index in [2.05, 4.69) is 28.2 Å². The molecule has 1 N–H and O–H groups in total. The van der Waals surface area contributed by atoms with Gasteiger partial charge in [0.15, 0.2) is 0 Å². The molecule has 0 bridgehead atoms. The number of aromatic nitrogens is 1. The molecule has 1 aromatic rings. The molecule has 4 heteroatoms. The molecule has 1 saturated heterocycles. The maximum Gasteiger partial charge on any atom is 0.213 e. The first-order chi connectivity index (χ1) is 9.80. The van der Waals surface area contributed by atoms with Gasteiger partial charge in [-0.05, 0) is 31.2 Å². The molecule has 0 radical (unpaired) electrons. The first-order valence-corrected chi connectivity index (χ1v) is 7.77. The summed E-state index contributed by atoms with van der Waals surface area (Å²) >= 11 is 0.